The van der Waals surface area contributed by atoms with Crippen LogP contribution in [-0.2, 0) is 6.54 Å². The molecule has 0 amide bonds. The molecule has 7 heteroatoms. The van der Waals surface area contributed by atoms with Crippen molar-refractivity contribution in [3.63, 3.8) is 0 Å². The molecule has 1 aliphatic heterocycles. The molecule has 69 heavy (non-hydrogen) atoms. The van der Waals surface area contributed by atoms with Gasteiger partial charge in [0.2, 0.25) is 5.78 Å². The fourth-order valence-corrected chi connectivity index (χ4v) is 10.1. The Labute approximate surface area is 398 Å². The molecule has 8 aromatic carbocycles. The van der Waals surface area contributed by atoms with Gasteiger partial charge in [-0.15, -0.1) is 0 Å². The van der Waals surface area contributed by atoms with Crippen molar-refractivity contribution in [2.45, 2.75) is 6.54 Å². The van der Waals surface area contributed by atoms with E-state index >= 15 is 0 Å². The minimum absolute atomic E-state index is 0.585. The van der Waals surface area contributed by atoms with E-state index in [0.717, 1.165) is 106 Å². The normalized spacial score (nSPS) is 13.4. The van der Waals surface area contributed by atoms with Crippen LogP contribution in [0.1, 0.15) is 5.56 Å². The number of fused-ring (bicyclic) bond motifs is 10. The minimum Gasteiger partial charge on any atom is -0.458 e. The molecule has 5 heterocycles. The second-order valence-corrected chi connectivity index (χ2v) is 17.2. The first-order valence-electron chi connectivity index (χ1n) is 23.1. The van der Waals surface area contributed by atoms with Crippen LogP contribution in [0.4, 0.5) is 0 Å². The van der Waals surface area contributed by atoms with Crippen molar-refractivity contribution in [2.24, 2.45) is 0 Å². The summed E-state index contributed by atoms with van der Waals surface area (Å²) < 4.78 is 16.0. The van der Waals surface area contributed by atoms with Gasteiger partial charge in [0.15, 0.2) is 0 Å². The van der Waals surface area contributed by atoms with Crippen molar-refractivity contribution in [1.29, 1.82) is 0 Å². The van der Waals surface area contributed by atoms with Crippen LogP contribution in [0.15, 0.2) is 237 Å². The monoisotopic (exact) mass is 886 g/mol. The van der Waals surface area contributed by atoms with Crippen LogP contribution in [0.5, 0.6) is 11.5 Å². The van der Waals surface area contributed by atoms with Crippen LogP contribution in [0, 0.1) is 6.33 Å². The molecule has 326 valence electrons. The first-order valence-corrected chi connectivity index (χ1v) is 23.1. The molecule has 0 aliphatic carbocycles. The van der Waals surface area contributed by atoms with Crippen molar-refractivity contribution >= 4 is 44.5 Å². The van der Waals surface area contributed by atoms with Gasteiger partial charge in [0.25, 0.3) is 6.33 Å². The predicted molar refractivity (Wildman–Crippen MR) is 279 cm³/mol. The first-order chi connectivity index (χ1) is 34.2. The van der Waals surface area contributed by atoms with Gasteiger partial charge in [0.1, 0.15) is 11.5 Å². The molecular formula is C62H42N6O. The molecule has 0 N–H and O–H groups in total. The lowest BCUT2D eigenvalue weighted by molar-refractivity contribution is -0.571. The second kappa shape index (κ2) is 16.5. The Bertz CT molecular complexity index is 3980. The van der Waals surface area contributed by atoms with Gasteiger partial charge in [-0.25, -0.2) is 4.98 Å². The highest BCUT2D eigenvalue weighted by Crippen LogP contribution is 2.43. The van der Waals surface area contributed by atoms with Gasteiger partial charge in [-0.1, -0.05) is 183 Å². The van der Waals surface area contributed by atoms with E-state index < -0.39 is 0 Å². The Kier molecular flexibility index (Phi) is 9.58. The molecule has 0 radical (unpaired) electrons. The van der Waals surface area contributed by atoms with Crippen LogP contribution in [-0.4, -0.2) is 23.5 Å². The molecule has 0 saturated heterocycles. The number of ether oxygens (including phenoxy) is 1. The number of hydrogen-bond donors (Lipinski definition) is 0. The Morgan fingerprint density at radius 1 is 0.551 bits per heavy atom. The summed E-state index contributed by atoms with van der Waals surface area (Å²) in [5.74, 6) is 2.19. The molecular weight excluding hydrogens is 845 g/mol. The lowest BCUT2D eigenvalue weighted by Gasteiger charge is -2.17. The van der Waals surface area contributed by atoms with Gasteiger partial charge in [-0.05, 0) is 81.4 Å². The van der Waals surface area contributed by atoms with E-state index in [1.54, 1.807) is 0 Å². The van der Waals surface area contributed by atoms with Gasteiger partial charge < -0.3 is 9.30 Å². The number of allylic oxidation sites excluding steroid dienone is 5. The van der Waals surface area contributed by atoms with Crippen LogP contribution < -0.4 is 9.30 Å². The quantitative estimate of drug-likeness (QED) is 0.123. The van der Waals surface area contributed by atoms with E-state index in [2.05, 4.69) is 231 Å². The maximum atomic E-state index is 7.07. The average Bonchev–Trinajstić information content (AvgIpc) is 4.08. The molecule has 0 bridgehead atoms. The van der Waals surface area contributed by atoms with Crippen LogP contribution in [0.3, 0.4) is 0 Å². The van der Waals surface area contributed by atoms with Crippen molar-refractivity contribution in [3.05, 3.63) is 249 Å². The zero-order valence-electron chi connectivity index (χ0n) is 37.4. The second-order valence-electron chi connectivity index (χ2n) is 17.2. The fourth-order valence-electron chi connectivity index (χ4n) is 10.1. The Hall–Kier alpha value is -9.33. The average molecular weight is 887 g/mol. The molecule has 0 spiro atoms. The minimum atomic E-state index is 0.585. The summed E-state index contributed by atoms with van der Waals surface area (Å²) in [4.78, 5) is 10.4. The summed E-state index contributed by atoms with van der Waals surface area (Å²) in [5.41, 5.74) is 18.2. The summed E-state index contributed by atoms with van der Waals surface area (Å²) in [6.07, 6.45) is 14.1. The highest BCUT2D eigenvalue weighted by Gasteiger charge is 2.25. The molecule has 4 aromatic heterocycles. The molecule has 12 aromatic rings. The lowest BCUT2D eigenvalue weighted by atomic mass is 9.92. The summed E-state index contributed by atoms with van der Waals surface area (Å²) >= 11 is 0. The van der Waals surface area contributed by atoms with Crippen LogP contribution >= 0.6 is 0 Å². The number of pyridine rings is 1. The number of aromatic nitrogens is 6. The van der Waals surface area contributed by atoms with Crippen LogP contribution in [0.25, 0.3) is 100 Å². The number of nitrogens with zero attached hydrogens (tertiary/aromatic N) is 6. The van der Waals surface area contributed by atoms with Crippen molar-refractivity contribution < 1.29 is 9.30 Å². The fraction of sp³-hybridized carbons (Fsp3) is 0.0161. The molecule has 0 saturated carbocycles. The number of rotatable bonds is 6. The van der Waals surface area contributed by atoms with Gasteiger partial charge in [-0.2, -0.15) is 0 Å². The summed E-state index contributed by atoms with van der Waals surface area (Å²) in [6, 6.07) is 69.6. The summed E-state index contributed by atoms with van der Waals surface area (Å²) in [6.45, 7) is 5.07. The van der Waals surface area contributed by atoms with Gasteiger partial charge in [-0.3, -0.25) is 18.5 Å². The highest BCUT2D eigenvalue weighted by molar-refractivity contribution is 6.02. The molecule has 0 atom stereocenters. The zero-order chi connectivity index (χ0) is 45.8. The zero-order valence-corrected chi connectivity index (χ0v) is 37.4. The van der Waals surface area contributed by atoms with E-state index in [1.807, 2.05) is 30.5 Å². The lowest BCUT2D eigenvalue weighted by Crippen LogP contribution is -2.31. The first kappa shape index (κ1) is 40.0. The van der Waals surface area contributed by atoms with Crippen molar-refractivity contribution in [2.75, 3.05) is 0 Å². The van der Waals surface area contributed by atoms with Crippen LogP contribution in [0.2, 0.25) is 0 Å². The van der Waals surface area contributed by atoms with E-state index in [4.69, 9.17) is 14.7 Å². The Balaban J connectivity index is 0.999. The number of hydrogen-bond acceptors (Lipinski definition) is 3. The van der Waals surface area contributed by atoms with E-state index in [0.29, 0.717) is 18.0 Å². The third kappa shape index (κ3) is 6.78. The predicted octanol–water partition coefficient (Wildman–Crippen LogP) is 14.5. The van der Waals surface area contributed by atoms with E-state index in [1.165, 1.54) is 0 Å². The highest BCUT2D eigenvalue weighted by atomic mass is 16.5. The number of para-hydroxylation sites is 5. The third-order valence-corrected chi connectivity index (χ3v) is 13.1. The SMILES string of the molecule is C=C1/C=C\C=C/Cn2c3c(cc(Oc4cccc(-n5[c-][n+](-c6c(-c7ccccc7)cccc6-c6ccccc6)c6ccccc65)c4)cc3n3c4ccccc4nc23)-c2ncccc2-c2ccccc21. The number of imidazole rings is 3. The third-order valence-electron chi connectivity index (χ3n) is 13.1. The standard InChI is InChI=1S/C62H42N6O/c1-42-20-5-4-16-37-65-61-53(59-52(31-19-36-63-59)51-28-11-10-27-48(42)51)39-47(40-58(61)68-55-33-13-12-32-54(55)64-62(65)68)69-46-26-17-25-45(38-46)66-41-67(57-35-15-14-34-56(57)66)60-49(43-21-6-2-7-22-43)29-18-30-50(60)44-23-8-3-9-24-44/h2-36,38-40H,1,37H2/b16-4-,20-5-. The topological polar surface area (TPSA) is 53.2 Å². The molecule has 0 unspecified atom stereocenters. The molecule has 0 fully saturated rings. The Morgan fingerprint density at radius 2 is 1.23 bits per heavy atom. The molecule has 1 aliphatic rings. The Morgan fingerprint density at radius 3 is 2.04 bits per heavy atom. The molecule has 13 rings (SSSR count). The largest absolute Gasteiger partial charge is 0.458 e. The maximum absolute atomic E-state index is 7.07. The van der Waals surface area contributed by atoms with E-state index in [-0.39, 0.29) is 0 Å². The van der Waals surface area contributed by atoms with Gasteiger partial charge >= 0.3 is 0 Å². The maximum Gasteiger partial charge on any atom is 0.269 e. The molecule has 7 nitrogen and oxygen atoms in total. The summed E-state index contributed by atoms with van der Waals surface area (Å²) in [7, 11) is 0. The smallest absolute Gasteiger partial charge is 0.269 e. The number of benzene rings is 8. The van der Waals surface area contributed by atoms with E-state index in [9.17, 15) is 0 Å². The van der Waals surface area contributed by atoms with Gasteiger partial charge in [0.05, 0.1) is 50.2 Å². The summed E-state index contributed by atoms with van der Waals surface area (Å²) in [5, 5.41) is 0. The van der Waals surface area contributed by atoms with Crippen molar-refractivity contribution in [3.8, 4) is 67.5 Å². The van der Waals surface area contributed by atoms with Crippen molar-refractivity contribution in [1.82, 2.24) is 23.5 Å². The van der Waals surface area contributed by atoms with Gasteiger partial charge in [0, 0.05) is 29.9 Å².